The van der Waals surface area contributed by atoms with Crippen molar-refractivity contribution in [2.75, 3.05) is 27.3 Å². The van der Waals surface area contributed by atoms with Crippen molar-refractivity contribution in [1.82, 2.24) is 9.62 Å². The molecule has 1 N–H and O–H groups in total. The molecule has 1 saturated heterocycles. The van der Waals surface area contributed by atoms with Crippen molar-refractivity contribution in [3.8, 4) is 11.5 Å². The van der Waals surface area contributed by atoms with E-state index in [1.807, 2.05) is 13.0 Å². The number of methoxy groups -OCH3 is 2. The summed E-state index contributed by atoms with van der Waals surface area (Å²) < 4.78 is 38.4. The summed E-state index contributed by atoms with van der Waals surface area (Å²) in [6.45, 7) is 3.12. The third-order valence-corrected chi connectivity index (χ3v) is 7.70. The summed E-state index contributed by atoms with van der Waals surface area (Å²) in [4.78, 5) is 12.7. The summed E-state index contributed by atoms with van der Waals surface area (Å²) in [7, 11) is -0.714. The van der Waals surface area contributed by atoms with Gasteiger partial charge in [-0.2, -0.15) is 4.31 Å². The molecule has 0 saturated carbocycles. The maximum Gasteiger partial charge on any atom is 0.251 e. The number of nitrogens with one attached hydrogen (secondary N) is 1. The number of halogens is 1. The van der Waals surface area contributed by atoms with Crippen LogP contribution in [-0.4, -0.2) is 45.9 Å². The van der Waals surface area contributed by atoms with Crippen molar-refractivity contribution >= 4 is 27.5 Å². The second-order valence-corrected chi connectivity index (χ2v) is 9.90. The first-order valence-electron chi connectivity index (χ1n) is 10.1. The molecule has 2 aromatic carbocycles. The Bertz CT molecular complexity index is 1060. The second kappa shape index (κ2) is 9.89. The number of ether oxygens (including phenoxy) is 2. The van der Waals surface area contributed by atoms with Crippen molar-refractivity contribution in [1.29, 1.82) is 0 Å². The van der Waals surface area contributed by atoms with E-state index in [0.717, 1.165) is 18.4 Å². The van der Waals surface area contributed by atoms with Gasteiger partial charge in [-0.3, -0.25) is 4.79 Å². The van der Waals surface area contributed by atoms with Gasteiger partial charge in [0.2, 0.25) is 10.0 Å². The molecule has 0 spiro atoms. The van der Waals surface area contributed by atoms with Crippen LogP contribution in [0.1, 0.15) is 35.7 Å². The fourth-order valence-electron chi connectivity index (χ4n) is 3.72. The van der Waals surface area contributed by atoms with Gasteiger partial charge in [0, 0.05) is 30.8 Å². The van der Waals surface area contributed by atoms with Crippen LogP contribution in [0.4, 0.5) is 0 Å². The van der Waals surface area contributed by atoms with Gasteiger partial charge >= 0.3 is 0 Å². The largest absolute Gasteiger partial charge is 0.493 e. The molecular formula is C22H27ClN2O5S. The van der Waals surface area contributed by atoms with Crippen LogP contribution in [0.3, 0.4) is 0 Å². The first kappa shape index (κ1) is 23.4. The number of hydrogen-bond donors (Lipinski definition) is 1. The molecule has 1 unspecified atom stereocenters. The average molecular weight is 467 g/mol. The molecular weight excluding hydrogens is 440 g/mol. The molecule has 7 nitrogen and oxygen atoms in total. The number of benzene rings is 2. The zero-order chi connectivity index (χ0) is 22.6. The van der Waals surface area contributed by atoms with Gasteiger partial charge in [0.05, 0.1) is 19.2 Å². The Morgan fingerprint density at radius 2 is 2.00 bits per heavy atom. The van der Waals surface area contributed by atoms with Crippen LogP contribution in [0, 0.1) is 5.92 Å². The summed E-state index contributed by atoms with van der Waals surface area (Å²) in [5.74, 6) is 0.963. The first-order chi connectivity index (χ1) is 14.8. The summed E-state index contributed by atoms with van der Waals surface area (Å²) >= 11 is 6.22. The zero-order valence-corrected chi connectivity index (χ0v) is 19.4. The minimum atomic E-state index is -3.78. The van der Waals surface area contributed by atoms with Crippen molar-refractivity contribution in [3.05, 3.63) is 52.5 Å². The van der Waals surface area contributed by atoms with E-state index in [4.69, 9.17) is 21.1 Å². The lowest BCUT2D eigenvalue weighted by atomic mass is 10.0. The van der Waals surface area contributed by atoms with Crippen LogP contribution in [0.2, 0.25) is 5.02 Å². The van der Waals surface area contributed by atoms with Crippen molar-refractivity contribution in [2.24, 2.45) is 5.92 Å². The Morgan fingerprint density at radius 1 is 1.23 bits per heavy atom. The van der Waals surface area contributed by atoms with Gasteiger partial charge in [-0.05, 0) is 43.0 Å². The quantitative estimate of drug-likeness (QED) is 0.672. The highest BCUT2D eigenvalue weighted by Crippen LogP contribution is 2.31. The van der Waals surface area contributed by atoms with E-state index in [9.17, 15) is 13.2 Å². The lowest BCUT2D eigenvalue weighted by Crippen LogP contribution is -2.39. The zero-order valence-electron chi connectivity index (χ0n) is 17.9. The minimum Gasteiger partial charge on any atom is -0.493 e. The van der Waals surface area contributed by atoms with E-state index in [2.05, 4.69) is 5.32 Å². The molecule has 2 aromatic rings. The van der Waals surface area contributed by atoms with Crippen LogP contribution in [0.15, 0.2) is 41.3 Å². The third kappa shape index (κ3) is 5.14. The number of piperidine rings is 1. The standard InChI is InChI=1S/C22H27ClN2O5S/c1-15-6-5-11-25(14-15)31(27,28)20-12-16(9-10-18(20)23)22(26)24-13-17-7-4-8-19(29-2)21(17)30-3/h4,7-10,12,15H,5-6,11,13-14H2,1-3H3,(H,24,26). The number of carbonyl (C=O) groups is 1. The monoisotopic (exact) mass is 466 g/mol. The maximum atomic E-state index is 13.1. The number of carbonyl (C=O) groups excluding carboxylic acids is 1. The van der Waals surface area contributed by atoms with Gasteiger partial charge in [0.1, 0.15) is 4.90 Å². The van der Waals surface area contributed by atoms with Crippen LogP contribution in [0.25, 0.3) is 0 Å². The van der Waals surface area contributed by atoms with Crippen LogP contribution < -0.4 is 14.8 Å². The number of hydrogen-bond acceptors (Lipinski definition) is 5. The summed E-state index contributed by atoms with van der Waals surface area (Å²) in [5, 5.41) is 2.90. The highest BCUT2D eigenvalue weighted by Gasteiger charge is 2.31. The number of amides is 1. The summed E-state index contributed by atoms with van der Waals surface area (Å²) in [6, 6.07) is 9.69. The van der Waals surface area contributed by atoms with Gasteiger partial charge in [-0.15, -0.1) is 0 Å². The Morgan fingerprint density at radius 3 is 2.68 bits per heavy atom. The molecule has 0 bridgehead atoms. The van der Waals surface area contributed by atoms with Gasteiger partial charge in [-0.25, -0.2) is 8.42 Å². The molecule has 31 heavy (non-hydrogen) atoms. The normalized spacial score (nSPS) is 17.2. The molecule has 0 aliphatic carbocycles. The van der Waals surface area contributed by atoms with Crippen LogP contribution >= 0.6 is 11.6 Å². The molecule has 1 aliphatic heterocycles. The SMILES string of the molecule is COc1cccc(CNC(=O)c2ccc(Cl)c(S(=O)(=O)N3CCCC(C)C3)c2)c1OC. The van der Waals surface area contributed by atoms with Crippen molar-refractivity contribution in [2.45, 2.75) is 31.2 Å². The smallest absolute Gasteiger partial charge is 0.251 e. The van der Waals surface area contributed by atoms with E-state index < -0.39 is 15.9 Å². The lowest BCUT2D eigenvalue weighted by molar-refractivity contribution is 0.0950. The van der Waals surface area contributed by atoms with Crippen molar-refractivity contribution in [3.63, 3.8) is 0 Å². The number of rotatable bonds is 7. The third-order valence-electron chi connectivity index (χ3n) is 5.35. The van der Waals surface area contributed by atoms with E-state index in [0.29, 0.717) is 24.6 Å². The Labute approximate surface area is 188 Å². The van der Waals surface area contributed by atoms with Crippen LogP contribution in [-0.2, 0) is 16.6 Å². The maximum absolute atomic E-state index is 13.1. The highest BCUT2D eigenvalue weighted by atomic mass is 35.5. The molecule has 3 rings (SSSR count). The average Bonchev–Trinajstić information content (AvgIpc) is 2.77. The predicted octanol–water partition coefficient (Wildman–Crippen LogP) is 3.71. The molecule has 0 radical (unpaired) electrons. The molecule has 1 fully saturated rings. The summed E-state index contributed by atoms with van der Waals surface area (Å²) in [5.41, 5.74) is 0.953. The Hall–Kier alpha value is -2.29. The number of nitrogens with zero attached hydrogens (tertiary/aromatic N) is 1. The van der Waals surface area contributed by atoms with E-state index >= 15 is 0 Å². The van der Waals surface area contributed by atoms with E-state index in [1.54, 1.807) is 19.2 Å². The minimum absolute atomic E-state index is 0.0464. The van der Waals surface area contributed by atoms with Gasteiger partial charge in [0.15, 0.2) is 11.5 Å². The number of sulfonamides is 1. The molecule has 9 heteroatoms. The topological polar surface area (TPSA) is 84.9 Å². The van der Waals surface area contributed by atoms with Crippen LogP contribution in [0.5, 0.6) is 11.5 Å². The molecule has 0 aromatic heterocycles. The summed E-state index contributed by atoms with van der Waals surface area (Å²) in [6.07, 6.45) is 1.80. The fourth-order valence-corrected chi connectivity index (χ4v) is 5.82. The van der Waals surface area contributed by atoms with Gasteiger partial charge in [-0.1, -0.05) is 30.7 Å². The Kier molecular flexibility index (Phi) is 7.46. The first-order valence-corrected chi connectivity index (χ1v) is 11.9. The fraction of sp³-hybridized carbons (Fsp3) is 0.409. The predicted molar refractivity (Wildman–Crippen MR) is 119 cm³/mol. The highest BCUT2D eigenvalue weighted by molar-refractivity contribution is 7.89. The molecule has 1 atom stereocenters. The van der Waals surface area contributed by atoms with Gasteiger partial charge in [0.25, 0.3) is 5.91 Å². The number of para-hydroxylation sites is 1. The van der Waals surface area contributed by atoms with E-state index in [1.165, 1.54) is 29.6 Å². The molecule has 1 aliphatic rings. The second-order valence-electron chi connectivity index (χ2n) is 7.59. The van der Waals surface area contributed by atoms with Gasteiger partial charge < -0.3 is 14.8 Å². The lowest BCUT2D eigenvalue weighted by Gasteiger charge is -2.30. The Balaban J connectivity index is 1.81. The van der Waals surface area contributed by atoms with E-state index in [-0.39, 0.29) is 27.9 Å². The molecule has 1 heterocycles. The van der Waals surface area contributed by atoms with Crippen molar-refractivity contribution < 1.29 is 22.7 Å². The molecule has 168 valence electrons. The molecule has 1 amide bonds.